The minimum atomic E-state index is -0.863. The Bertz CT molecular complexity index is 284. The van der Waals surface area contributed by atoms with Gasteiger partial charge in [0, 0.05) is 6.42 Å². The Balaban J connectivity index is 2.75. The van der Waals surface area contributed by atoms with Gasteiger partial charge >= 0.3 is 0 Å². The monoisotopic (exact) mass is 170 g/mol. The second kappa shape index (κ2) is 3.95. The Morgan fingerprint density at radius 2 is 2.00 bits per heavy atom. The Hall–Kier alpha value is -1.25. The first kappa shape index (κ1) is 8.84. The molecule has 0 bridgehead atoms. The molecule has 0 unspecified atom stereocenters. The van der Waals surface area contributed by atoms with Crippen LogP contribution in [-0.2, 0) is 11.2 Å². The van der Waals surface area contributed by atoms with Crippen LogP contribution in [0.25, 0.3) is 0 Å². The third kappa shape index (κ3) is 2.12. The third-order valence-electron chi connectivity index (χ3n) is 1.53. The van der Waals surface area contributed by atoms with E-state index in [9.17, 15) is 13.6 Å². The number of halogens is 2. The van der Waals surface area contributed by atoms with Gasteiger partial charge in [-0.3, -0.25) is 0 Å². The zero-order valence-electron chi connectivity index (χ0n) is 6.39. The molecule has 0 saturated heterocycles. The summed E-state index contributed by atoms with van der Waals surface area (Å²) in [6.45, 7) is 0. The molecule has 1 aromatic rings. The van der Waals surface area contributed by atoms with Crippen molar-refractivity contribution in [2.24, 2.45) is 0 Å². The molecule has 0 N–H and O–H groups in total. The van der Waals surface area contributed by atoms with E-state index in [1.165, 1.54) is 6.07 Å². The lowest BCUT2D eigenvalue weighted by Gasteiger charge is -1.97. The molecule has 0 aliphatic carbocycles. The van der Waals surface area contributed by atoms with Gasteiger partial charge in [-0.15, -0.1) is 0 Å². The van der Waals surface area contributed by atoms with Crippen LogP contribution in [-0.4, -0.2) is 6.29 Å². The van der Waals surface area contributed by atoms with Crippen molar-refractivity contribution in [2.75, 3.05) is 0 Å². The highest BCUT2D eigenvalue weighted by Crippen LogP contribution is 2.09. The number of carbonyl (C=O) groups is 1. The maximum absolute atomic E-state index is 12.5. The summed E-state index contributed by atoms with van der Waals surface area (Å²) in [5.41, 5.74) is 0.640. The van der Waals surface area contributed by atoms with Crippen molar-refractivity contribution >= 4 is 6.29 Å². The summed E-state index contributed by atoms with van der Waals surface area (Å²) in [5.74, 6) is -1.72. The van der Waals surface area contributed by atoms with Crippen LogP contribution in [0.15, 0.2) is 18.2 Å². The fourth-order valence-electron chi connectivity index (χ4n) is 0.921. The molecule has 1 rings (SSSR count). The Kier molecular flexibility index (Phi) is 2.91. The number of hydrogen-bond acceptors (Lipinski definition) is 1. The topological polar surface area (TPSA) is 17.1 Å². The molecule has 0 aliphatic rings. The molecule has 0 radical (unpaired) electrons. The van der Waals surface area contributed by atoms with E-state index in [0.29, 0.717) is 18.4 Å². The minimum Gasteiger partial charge on any atom is -0.303 e. The third-order valence-corrected chi connectivity index (χ3v) is 1.53. The van der Waals surface area contributed by atoms with Crippen LogP contribution < -0.4 is 0 Å². The van der Waals surface area contributed by atoms with E-state index in [0.717, 1.165) is 18.4 Å². The van der Waals surface area contributed by atoms with E-state index in [2.05, 4.69) is 0 Å². The lowest BCUT2D eigenvalue weighted by molar-refractivity contribution is -0.107. The number of aryl methyl sites for hydroxylation is 1. The van der Waals surface area contributed by atoms with Gasteiger partial charge in [0.05, 0.1) is 0 Å². The number of benzene rings is 1. The van der Waals surface area contributed by atoms with Crippen molar-refractivity contribution in [2.45, 2.75) is 12.8 Å². The van der Waals surface area contributed by atoms with Crippen molar-refractivity contribution in [1.82, 2.24) is 0 Å². The second-order valence-corrected chi connectivity index (χ2v) is 2.45. The van der Waals surface area contributed by atoms with Crippen molar-refractivity contribution in [1.29, 1.82) is 0 Å². The van der Waals surface area contributed by atoms with Crippen molar-refractivity contribution < 1.29 is 13.6 Å². The average molecular weight is 170 g/mol. The highest BCUT2D eigenvalue weighted by molar-refractivity contribution is 5.50. The van der Waals surface area contributed by atoms with E-state index in [1.807, 2.05) is 0 Å². The second-order valence-electron chi connectivity index (χ2n) is 2.45. The van der Waals surface area contributed by atoms with Crippen LogP contribution in [0.2, 0.25) is 0 Å². The smallest absolute Gasteiger partial charge is 0.159 e. The van der Waals surface area contributed by atoms with Gasteiger partial charge in [0.25, 0.3) is 0 Å². The van der Waals surface area contributed by atoms with Gasteiger partial charge in [0.15, 0.2) is 11.6 Å². The van der Waals surface area contributed by atoms with Gasteiger partial charge in [-0.1, -0.05) is 6.07 Å². The predicted molar refractivity (Wildman–Crippen MR) is 40.7 cm³/mol. The van der Waals surface area contributed by atoms with Crippen LogP contribution in [0.3, 0.4) is 0 Å². The molecule has 0 atom stereocenters. The molecule has 0 amide bonds. The fraction of sp³-hybridized carbons (Fsp3) is 0.222. The first-order valence-electron chi connectivity index (χ1n) is 3.61. The standard InChI is InChI=1S/C9H8F2O/c10-8-4-3-7(2-1-5-12)6-9(8)11/h3-6H,1-2H2. The van der Waals surface area contributed by atoms with Gasteiger partial charge in [0.1, 0.15) is 6.29 Å². The number of carbonyl (C=O) groups excluding carboxylic acids is 1. The molecule has 0 heterocycles. The number of aldehydes is 1. The zero-order chi connectivity index (χ0) is 8.97. The number of rotatable bonds is 3. The van der Waals surface area contributed by atoms with E-state index in [-0.39, 0.29) is 0 Å². The number of hydrogen-bond donors (Lipinski definition) is 0. The molecule has 0 fully saturated rings. The summed E-state index contributed by atoms with van der Waals surface area (Å²) < 4.78 is 24.9. The molecule has 12 heavy (non-hydrogen) atoms. The van der Waals surface area contributed by atoms with Crippen LogP contribution >= 0.6 is 0 Å². The normalized spacial score (nSPS) is 9.83. The molecule has 0 spiro atoms. The molecule has 0 aliphatic heterocycles. The maximum atomic E-state index is 12.5. The largest absolute Gasteiger partial charge is 0.303 e. The summed E-state index contributed by atoms with van der Waals surface area (Å²) in [6.07, 6.45) is 1.55. The molecule has 1 nitrogen and oxygen atoms in total. The summed E-state index contributed by atoms with van der Waals surface area (Å²) in [5, 5.41) is 0. The maximum Gasteiger partial charge on any atom is 0.159 e. The van der Waals surface area contributed by atoms with E-state index < -0.39 is 11.6 Å². The van der Waals surface area contributed by atoms with Gasteiger partial charge < -0.3 is 4.79 Å². The van der Waals surface area contributed by atoms with Gasteiger partial charge in [-0.2, -0.15) is 0 Å². The molecule has 3 heteroatoms. The zero-order valence-corrected chi connectivity index (χ0v) is 6.39. The summed E-state index contributed by atoms with van der Waals surface area (Å²) in [7, 11) is 0. The van der Waals surface area contributed by atoms with Crippen molar-refractivity contribution in [3.05, 3.63) is 35.4 Å². The molecular weight excluding hydrogens is 162 g/mol. The van der Waals surface area contributed by atoms with Crippen LogP contribution in [0.5, 0.6) is 0 Å². The van der Waals surface area contributed by atoms with E-state index >= 15 is 0 Å². The van der Waals surface area contributed by atoms with Gasteiger partial charge in [-0.25, -0.2) is 8.78 Å². The minimum absolute atomic E-state index is 0.338. The Morgan fingerprint density at radius 3 is 2.58 bits per heavy atom. The predicted octanol–water partition coefficient (Wildman–Crippen LogP) is 2.10. The molecule has 1 aromatic carbocycles. The summed E-state index contributed by atoms with van der Waals surface area (Å²) in [4.78, 5) is 9.96. The molecular formula is C9H8F2O. The van der Waals surface area contributed by atoms with Crippen LogP contribution in [0.4, 0.5) is 8.78 Å². The lowest BCUT2D eigenvalue weighted by Crippen LogP contribution is -1.90. The lowest BCUT2D eigenvalue weighted by atomic mass is 10.1. The summed E-state index contributed by atoms with van der Waals surface area (Å²) >= 11 is 0. The Labute approximate surface area is 69.0 Å². The molecule has 0 saturated carbocycles. The fourth-order valence-corrected chi connectivity index (χ4v) is 0.921. The van der Waals surface area contributed by atoms with Crippen molar-refractivity contribution in [3.63, 3.8) is 0 Å². The summed E-state index contributed by atoms with van der Waals surface area (Å²) in [6, 6.07) is 3.65. The highest BCUT2D eigenvalue weighted by Gasteiger charge is 2.01. The van der Waals surface area contributed by atoms with Crippen LogP contribution in [0.1, 0.15) is 12.0 Å². The van der Waals surface area contributed by atoms with E-state index in [1.54, 1.807) is 0 Å². The van der Waals surface area contributed by atoms with E-state index in [4.69, 9.17) is 0 Å². The quantitative estimate of drug-likeness (QED) is 0.635. The molecule has 0 aromatic heterocycles. The van der Waals surface area contributed by atoms with Crippen LogP contribution in [0, 0.1) is 11.6 Å². The van der Waals surface area contributed by atoms with Crippen molar-refractivity contribution in [3.8, 4) is 0 Å². The average Bonchev–Trinajstić information content (AvgIpc) is 2.07. The Morgan fingerprint density at radius 1 is 1.25 bits per heavy atom. The SMILES string of the molecule is O=CCCc1ccc(F)c(F)c1. The molecule has 64 valence electrons. The highest BCUT2D eigenvalue weighted by atomic mass is 19.2. The first-order valence-corrected chi connectivity index (χ1v) is 3.61. The first-order chi connectivity index (χ1) is 5.74. The van der Waals surface area contributed by atoms with Gasteiger partial charge in [0.2, 0.25) is 0 Å². The van der Waals surface area contributed by atoms with Gasteiger partial charge in [-0.05, 0) is 24.1 Å².